The molecule has 0 aliphatic carbocycles. The average Bonchev–Trinajstić information content (AvgIpc) is 2.33. The molecule has 2 rings (SSSR count). The maximum atomic E-state index is 5.95. The highest BCUT2D eigenvalue weighted by molar-refractivity contribution is 6.34. The van der Waals surface area contributed by atoms with Crippen LogP contribution in [-0.2, 0) is 0 Å². The van der Waals surface area contributed by atoms with E-state index in [-0.39, 0.29) is 5.92 Å². The quantitative estimate of drug-likeness (QED) is 0.900. The van der Waals surface area contributed by atoms with Crippen LogP contribution in [-0.4, -0.2) is 9.97 Å². The van der Waals surface area contributed by atoms with E-state index in [9.17, 15) is 0 Å². The summed E-state index contributed by atoms with van der Waals surface area (Å²) in [5.74, 6) is 2.13. The summed E-state index contributed by atoms with van der Waals surface area (Å²) in [5, 5.41) is 0.993. The van der Waals surface area contributed by atoms with E-state index in [1.165, 1.54) is 0 Å². The molecular weight excluding hydrogens is 297 g/mol. The van der Waals surface area contributed by atoms with Crippen LogP contribution in [0.5, 0.6) is 11.6 Å². The zero-order chi connectivity index (χ0) is 14.9. The molecule has 0 aliphatic rings. The molecule has 106 valence electrons. The number of hydrogen-bond donors (Lipinski definition) is 1. The molecule has 0 saturated heterocycles. The Morgan fingerprint density at radius 2 is 1.70 bits per heavy atom. The maximum absolute atomic E-state index is 5.95. The van der Waals surface area contributed by atoms with Gasteiger partial charge in [-0.25, -0.2) is 4.98 Å². The average molecular weight is 312 g/mol. The second-order valence-corrected chi connectivity index (χ2v) is 5.63. The van der Waals surface area contributed by atoms with Crippen molar-refractivity contribution < 1.29 is 4.74 Å². The van der Waals surface area contributed by atoms with Crippen molar-refractivity contribution in [3.63, 3.8) is 0 Å². The highest BCUT2D eigenvalue weighted by Gasteiger charge is 2.13. The molecule has 0 spiro atoms. The number of nitrogens with zero attached hydrogens (tertiary/aromatic N) is 2. The highest BCUT2D eigenvalue weighted by atomic mass is 35.5. The third kappa shape index (κ3) is 3.32. The van der Waals surface area contributed by atoms with Gasteiger partial charge in [0.1, 0.15) is 17.4 Å². The Kier molecular flexibility index (Phi) is 4.35. The number of hydrogen-bond acceptors (Lipinski definition) is 4. The van der Waals surface area contributed by atoms with Crippen LogP contribution < -0.4 is 10.5 Å². The lowest BCUT2D eigenvalue weighted by Crippen LogP contribution is -2.06. The predicted molar refractivity (Wildman–Crippen MR) is 81.8 cm³/mol. The van der Waals surface area contributed by atoms with Gasteiger partial charge >= 0.3 is 0 Å². The van der Waals surface area contributed by atoms with E-state index in [0.717, 1.165) is 0 Å². The van der Waals surface area contributed by atoms with Crippen molar-refractivity contribution in [3.05, 3.63) is 39.6 Å². The van der Waals surface area contributed by atoms with E-state index in [2.05, 4.69) is 9.97 Å². The summed E-state index contributed by atoms with van der Waals surface area (Å²) in [6.07, 6.45) is 0. The van der Waals surface area contributed by atoms with Crippen molar-refractivity contribution in [3.8, 4) is 11.6 Å². The molecule has 1 heterocycles. The van der Waals surface area contributed by atoms with Gasteiger partial charge in [-0.15, -0.1) is 0 Å². The van der Waals surface area contributed by atoms with Gasteiger partial charge < -0.3 is 10.5 Å². The van der Waals surface area contributed by atoms with E-state index >= 15 is 0 Å². The summed E-state index contributed by atoms with van der Waals surface area (Å²) in [6, 6.07) is 4.97. The molecule has 0 amide bonds. The zero-order valence-corrected chi connectivity index (χ0v) is 13.0. The Morgan fingerprint density at radius 3 is 2.25 bits per heavy atom. The second-order valence-electron chi connectivity index (χ2n) is 4.76. The number of nitrogens with two attached hydrogens (primary N) is 1. The largest absolute Gasteiger partial charge is 0.438 e. The number of rotatable bonds is 3. The van der Waals surface area contributed by atoms with Gasteiger partial charge in [-0.1, -0.05) is 37.0 Å². The number of nitrogen functional groups attached to an aromatic ring is 1. The Balaban J connectivity index is 2.42. The van der Waals surface area contributed by atoms with Crippen molar-refractivity contribution >= 4 is 29.0 Å². The van der Waals surface area contributed by atoms with Gasteiger partial charge in [-0.3, -0.25) is 0 Å². The molecule has 4 nitrogen and oxygen atoms in total. The fraction of sp³-hybridized carbons (Fsp3) is 0.286. The standard InChI is InChI=1S/C14H15Cl2N3O/c1-7(2)13-18-12(17)8(3)14(19-13)20-11-5-9(15)4-10(16)6-11/h4-7H,1-3H3,(H2,17,18,19). The first-order chi connectivity index (χ1) is 9.36. The topological polar surface area (TPSA) is 61.0 Å². The van der Waals surface area contributed by atoms with Crippen LogP contribution >= 0.6 is 23.2 Å². The van der Waals surface area contributed by atoms with E-state index < -0.39 is 0 Å². The van der Waals surface area contributed by atoms with E-state index in [1.54, 1.807) is 25.1 Å². The smallest absolute Gasteiger partial charge is 0.227 e. The molecule has 0 saturated carbocycles. The fourth-order valence-corrected chi connectivity index (χ4v) is 2.09. The van der Waals surface area contributed by atoms with Gasteiger partial charge in [0.2, 0.25) is 5.88 Å². The lowest BCUT2D eigenvalue weighted by molar-refractivity contribution is 0.453. The summed E-state index contributed by atoms with van der Waals surface area (Å²) in [6.45, 7) is 5.79. The SMILES string of the molecule is Cc1c(N)nc(C(C)C)nc1Oc1cc(Cl)cc(Cl)c1. The van der Waals surface area contributed by atoms with Gasteiger partial charge in [0.25, 0.3) is 0 Å². The van der Waals surface area contributed by atoms with Crippen molar-refractivity contribution in [2.75, 3.05) is 5.73 Å². The van der Waals surface area contributed by atoms with Crippen LogP contribution in [0.25, 0.3) is 0 Å². The summed E-state index contributed by atoms with van der Waals surface area (Å²) in [4.78, 5) is 8.63. The predicted octanol–water partition coefficient (Wildman–Crippen LogP) is 4.59. The van der Waals surface area contributed by atoms with Gasteiger partial charge in [0.15, 0.2) is 0 Å². The molecule has 0 atom stereocenters. The van der Waals surface area contributed by atoms with Crippen molar-refractivity contribution in [2.24, 2.45) is 0 Å². The number of ether oxygens (including phenoxy) is 1. The third-order valence-electron chi connectivity index (χ3n) is 2.72. The van der Waals surface area contributed by atoms with Gasteiger partial charge in [0, 0.05) is 16.0 Å². The molecule has 2 N–H and O–H groups in total. The van der Waals surface area contributed by atoms with Gasteiger partial charge in [0.05, 0.1) is 5.56 Å². The van der Waals surface area contributed by atoms with E-state index in [1.807, 2.05) is 13.8 Å². The lowest BCUT2D eigenvalue weighted by atomic mass is 10.2. The lowest BCUT2D eigenvalue weighted by Gasteiger charge is -2.13. The minimum absolute atomic E-state index is 0.156. The molecular formula is C14H15Cl2N3O. The first-order valence-electron chi connectivity index (χ1n) is 6.14. The first-order valence-corrected chi connectivity index (χ1v) is 6.90. The molecule has 0 bridgehead atoms. The highest BCUT2D eigenvalue weighted by Crippen LogP contribution is 2.31. The number of anilines is 1. The van der Waals surface area contributed by atoms with Gasteiger partial charge in [-0.2, -0.15) is 4.98 Å². The summed E-state index contributed by atoms with van der Waals surface area (Å²) in [7, 11) is 0. The summed E-state index contributed by atoms with van der Waals surface area (Å²) >= 11 is 11.9. The number of aromatic nitrogens is 2. The Hall–Kier alpha value is -1.52. The van der Waals surface area contributed by atoms with Crippen LogP contribution in [0.4, 0.5) is 5.82 Å². The van der Waals surface area contributed by atoms with Crippen molar-refractivity contribution in [2.45, 2.75) is 26.7 Å². The van der Waals surface area contributed by atoms with Crippen LogP contribution in [0.2, 0.25) is 10.0 Å². The van der Waals surface area contributed by atoms with Crippen LogP contribution in [0.1, 0.15) is 31.2 Å². The zero-order valence-electron chi connectivity index (χ0n) is 11.4. The van der Waals surface area contributed by atoms with Gasteiger partial charge in [-0.05, 0) is 25.1 Å². The maximum Gasteiger partial charge on any atom is 0.227 e. The number of benzene rings is 1. The minimum Gasteiger partial charge on any atom is -0.438 e. The second kappa shape index (κ2) is 5.85. The molecule has 0 fully saturated rings. The Morgan fingerprint density at radius 1 is 1.10 bits per heavy atom. The molecule has 6 heteroatoms. The van der Waals surface area contributed by atoms with E-state index in [0.29, 0.717) is 38.9 Å². The normalized spacial score (nSPS) is 10.9. The molecule has 0 aliphatic heterocycles. The molecule has 1 aromatic carbocycles. The fourth-order valence-electron chi connectivity index (χ4n) is 1.59. The van der Waals surface area contributed by atoms with Crippen LogP contribution in [0.15, 0.2) is 18.2 Å². The monoisotopic (exact) mass is 311 g/mol. The van der Waals surface area contributed by atoms with Crippen molar-refractivity contribution in [1.29, 1.82) is 0 Å². The Labute approximate surface area is 127 Å². The molecule has 2 aromatic rings. The molecule has 0 unspecified atom stereocenters. The summed E-state index contributed by atoms with van der Waals surface area (Å²) in [5.41, 5.74) is 6.58. The molecule has 0 radical (unpaired) electrons. The Bertz CT molecular complexity index is 624. The third-order valence-corrected chi connectivity index (χ3v) is 3.16. The van der Waals surface area contributed by atoms with Crippen LogP contribution in [0.3, 0.4) is 0 Å². The molecule has 20 heavy (non-hydrogen) atoms. The molecule has 1 aromatic heterocycles. The van der Waals surface area contributed by atoms with E-state index in [4.69, 9.17) is 33.7 Å². The number of halogens is 2. The summed E-state index contributed by atoms with van der Waals surface area (Å²) < 4.78 is 5.74. The van der Waals surface area contributed by atoms with Crippen LogP contribution in [0, 0.1) is 6.92 Å². The minimum atomic E-state index is 0.156. The first kappa shape index (κ1) is 14.9. The van der Waals surface area contributed by atoms with Crippen molar-refractivity contribution in [1.82, 2.24) is 9.97 Å².